The van der Waals surface area contributed by atoms with Gasteiger partial charge in [-0.15, -0.1) is 0 Å². The van der Waals surface area contributed by atoms with Gasteiger partial charge in [0.05, 0.1) is 12.6 Å². The highest BCUT2D eigenvalue weighted by molar-refractivity contribution is 5.85. The number of amides is 1. The first-order valence-corrected chi connectivity index (χ1v) is 5.33. The fourth-order valence-corrected chi connectivity index (χ4v) is 1.30. The van der Waals surface area contributed by atoms with E-state index in [1.807, 2.05) is 0 Å². The summed E-state index contributed by atoms with van der Waals surface area (Å²) in [4.78, 5) is 11.5. The normalized spacial score (nSPS) is 10.7. The second-order valence-electron chi connectivity index (χ2n) is 3.62. The van der Waals surface area contributed by atoms with E-state index < -0.39 is 5.91 Å². The van der Waals surface area contributed by atoms with Crippen molar-refractivity contribution in [2.45, 2.75) is 6.42 Å². The summed E-state index contributed by atoms with van der Waals surface area (Å²) < 4.78 is 4.36. The van der Waals surface area contributed by atoms with Gasteiger partial charge in [-0.05, 0) is 17.3 Å². The molecule has 0 unspecified atom stereocenters. The number of rotatable bonds is 4. The van der Waals surface area contributed by atoms with Crippen LogP contribution in [0.1, 0.15) is 11.3 Å². The lowest BCUT2D eigenvalue weighted by Gasteiger charge is -1.98. The van der Waals surface area contributed by atoms with Crippen molar-refractivity contribution in [1.82, 2.24) is 15.7 Å². The Morgan fingerprint density at radius 2 is 2.26 bits per heavy atom. The molecule has 1 amide bonds. The Bertz CT molecular complexity index is 608. The number of benzene rings is 1. The van der Waals surface area contributed by atoms with E-state index in [9.17, 15) is 9.90 Å². The highest BCUT2D eigenvalue weighted by atomic mass is 16.6. The molecule has 4 N–H and O–H groups in total. The molecular formula is C11H11N5O3. The molecule has 0 aliphatic carbocycles. The van der Waals surface area contributed by atoms with Crippen LogP contribution in [-0.4, -0.2) is 27.5 Å². The first-order valence-electron chi connectivity index (χ1n) is 5.33. The first kappa shape index (κ1) is 12.6. The monoisotopic (exact) mass is 261 g/mol. The van der Waals surface area contributed by atoms with E-state index in [0.29, 0.717) is 5.56 Å². The van der Waals surface area contributed by atoms with Crippen LogP contribution in [0.4, 0.5) is 5.82 Å². The quantitative estimate of drug-likeness (QED) is 0.527. The minimum atomic E-state index is -0.422. The minimum absolute atomic E-state index is 0.0693. The maximum absolute atomic E-state index is 11.5. The molecule has 0 saturated heterocycles. The van der Waals surface area contributed by atoms with Crippen molar-refractivity contribution in [3.8, 4) is 5.75 Å². The molecule has 2 rings (SSSR count). The van der Waals surface area contributed by atoms with Gasteiger partial charge in [0.25, 0.3) is 0 Å². The molecule has 19 heavy (non-hydrogen) atoms. The van der Waals surface area contributed by atoms with Gasteiger partial charge in [0.15, 0.2) is 5.82 Å². The predicted octanol–water partition coefficient (Wildman–Crippen LogP) is 0.0502. The maximum atomic E-state index is 11.5. The average molecular weight is 261 g/mol. The predicted molar refractivity (Wildman–Crippen MR) is 66.3 cm³/mol. The van der Waals surface area contributed by atoms with E-state index >= 15 is 0 Å². The van der Waals surface area contributed by atoms with Crippen LogP contribution in [0.5, 0.6) is 5.75 Å². The fourth-order valence-electron chi connectivity index (χ4n) is 1.30. The van der Waals surface area contributed by atoms with Crippen molar-refractivity contribution in [3.63, 3.8) is 0 Å². The number of hydrazone groups is 1. The molecule has 1 aromatic heterocycles. The number of carbonyl (C=O) groups excluding carboxylic acids is 1. The lowest BCUT2D eigenvalue weighted by Crippen LogP contribution is -2.20. The van der Waals surface area contributed by atoms with Crippen LogP contribution in [0.2, 0.25) is 0 Å². The van der Waals surface area contributed by atoms with Gasteiger partial charge >= 0.3 is 0 Å². The highest BCUT2D eigenvalue weighted by Gasteiger charge is 2.10. The van der Waals surface area contributed by atoms with Gasteiger partial charge in [-0.2, -0.15) is 5.10 Å². The van der Waals surface area contributed by atoms with Gasteiger partial charge in [0.1, 0.15) is 11.4 Å². The number of nitrogens with one attached hydrogen (secondary N) is 1. The summed E-state index contributed by atoms with van der Waals surface area (Å²) in [6.07, 6.45) is 1.24. The Morgan fingerprint density at radius 3 is 2.95 bits per heavy atom. The highest BCUT2D eigenvalue weighted by Crippen LogP contribution is 2.12. The number of para-hydroxylation sites is 1. The zero-order valence-electron chi connectivity index (χ0n) is 9.78. The van der Waals surface area contributed by atoms with Crippen LogP contribution in [0.25, 0.3) is 0 Å². The van der Waals surface area contributed by atoms with Gasteiger partial charge in [-0.1, -0.05) is 17.3 Å². The molecule has 0 saturated carbocycles. The SMILES string of the molecule is Nc1nonc1CC(=O)N/N=C/c1ccccc1O. The van der Waals surface area contributed by atoms with E-state index in [1.54, 1.807) is 18.2 Å². The Labute approximate surface area is 107 Å². The van der Waals surface area contributed by atoms with Crippen molar-refractivity contribution in [3.05, 3.63) is 35.5 Å². The lowest BCUT2D eigenvalue weighted by atomic mass is 10.2. The van der Waals surface area contributed by atoms with Crippen LogP contribution in [0.15, 0.2) is 34.0 Å². The standard InChI is InChI=1S/C11H11N5O3/c12-11-8(15-19-16-11)5-10(18)14-13-6-7-3-1-2-4-9(7)17/h1-4,6,17H,5H2,(H2,12,16)(H,14,18)/b13-6+. The molecular weight excluding hydrogens is 250 g/mol. The number of hydrogen-bond donors (Lipinski definition) is 3. The molecule has 0 bridgehead atoms. The number of nitrogen functional groups attached to an aromatic ring is 1. The summed E-state index contributed by atoms with van der Waals surface area (Å²) in [7, 11) is 0. The molecule has 8 heteroatoms. The van der Waals surface area contributed by atoms with Crippen molar-refractivity contribution >= 4 is 17.9 Å². The third-order valence-electron chi connectivity index (χ3n) is 2.24. The molecule has 2 aromatic rings. The van der Waals surface area contributed by atoms with Gasteiger partial charge in [0.2, 0.25) is 5.91 Å². The Hall–Kier alpha value is -2.90. The topological polar surface area (TPSA) is 127 Å². The molecule has 8 nitrogen and oxygen atoms in total. The number of carbonyl (C=O) groups is 1. The van der Waals surface area contributed by atoms with Crippen LogP contribution in [0, 0.1) is 0 Å². The zero-order valence-corrected chi connectivity index (χ0v) is 9.78. The number of nitrogens with two attached hydrogens (primary N) is 1. The maximum Gasteiger partial charge on any atom is 0.246 e. The third kappa shape index (κ3) is 3.28. The third-order valence-corrected chi connectivity index (χ3v) is 2.24. The van der Waals surface area contributed by atoms with Crippen molar-refractivity contribution in [2.75, 3.05) is 5.73 Å². The first-order chi connectivity index (χ1) is 9.16. The number of nitrogens with zero attached hydrogens (tertiary/aromatic N) is 3. The molecule has 0 fully saturated rings. The molecule has 0 aliphatic rings. The van der Waals surface area contributed by atoms with Crippen molar-refractivity contribution < 1.29 is 14.5 Å². The Morgan fingerprint density at radius 1 is 1.47 bits per heavy atom. The van der Waals surface area contributed by atoms with Crippen LogP contribution in [0.3, 0.4) is 0 Å². The van der Waals surface area contributed by atoms with E-state index in [2.05, 4.69) is 25.5 Å². The summed E-state index contributed by atoms with van der Waals surface area (Å²) in [5.41, 5.74) is 8.42. The second-order valence-corrected chi connectivity index (χ2v) is 3.62. The molecule has 0 radical (unpaired) electrons. The average Bonchev–Trinajstić information content (AvgIpc) is 2.77. The molecule has 0 atom stereocenters. The molecule has 1 heterocycles. The van der Waals surface area contributed by atoms with Gasteiger partial charge in [-0.3, -0.25) is 4.79 Å². The number of anilines is 1. The molecule has 0 aliphatic heterocycles. The van der Waals surface area contributed by atoms with Gasteiger partial charge in [-0.25, -0.2) is 10.1 Å². The molecule has 0 spiro atoms. The van der Waals surface area contributed by atoms with Crippen molar-refractivity contribution in [1.29, 1.82) is 0 Å². The smallest absolute Gasteiger partial charge is 0.246 e. The largest absolute Gasteiger partial charge is 0.507 e. The zero-order chi connectivity index (χ0) is 13.7. The molecule has 98 valence electrons. The van der Waals surface area contributed by atoms with E-state index in [4.69, 9.17) is 5.73 Å². The van der Waals surface area contributed by atoms with Crippen LogP contribution >= 0.6 is 0 Å². The number of phenols is 1. The molecule has 1 aromatic carbocycles. The summed E-state index contributed by atoms with van der Waals surface area (Å²) in [6.45, 7) is 0. The number of aromatic hydroxyl groups is 1. The van der Waals surface area contributed by atoms with Crippen LogP contribution in [-0.2, 0) is 11.2 Å². The fraction of sp³-hybridized carbons (Fsp3) is 0.0909. The summed E-state index contributed by atoms with van der Waals surface area (Å²) in [6, 6.07) is 6.60. The second kappa shape index (κ2) is 5.63. The number of aromatic nitrogens is 2. The summed E-state index contributed by atoms with van der Waals surface area (Å²) >= 11 is 0. The Kier molecular flexibility index (Phi) is 3.72. The number of phenolic OH excluding ortho intramolecular Hbond substituents is 1. The van der Waals surface area contributed by atoms with E-state index in [1.165, 1.54) is 12.3 Å². The van der Waals surface area contributed by atoms with E-state index in [-0.39, 0.29) is 23.7 Å². The van der Waals surface area contributed by atoms with Crippen molar-refractivity contribution in [2.24, 2.45) is 5.10 Å². The van der Waals surface area contributed by atoms with Crippen LogP contribution < -0.4 is 11.2 Å². The summed E-state index contributed by atoms with van der Waals surface area (Å²) in [5, 5.41) is 20.0. The minimum Gasteiger partial charge on any atom is -0.507 e. The Balaban J connectivity index is 1.91. The van der Waals surface area contributed by atoms with Gasteiger partial charge in [0, 0.05) is 5.56 Å². The van der Waals surface area contributed by atoms with Gasteiger partial charge < -0.3 is 10.8 Å². The summed E-state index contributed by atoms with van der Waals surface area (Å²) in [5.74, 6) is -0.278. The lowest BCUT2D eigenvalue weighted by molar-refractivity contribution is -0.120. The number of hydrogen-bond acceptors (Lipinski definition) is 7. The van der Waals surface area contributed by atoms with E-state index in [0.717, 1.165) is 0 Å².